The molecule has 23 heavy (non-hydrogen) atoms. The molecule has 1 heterocycles. The Labute approximate surface area is 137 Å². The normalized spacial score (nSPS) is 21.4. The smallest absolute Gasteiger partial charge is 0.236 e. The average Bonchev–Trinajstić information content (AvgIpc) is 2.97. The van der Waals surface area contributed by atoms with E-state index in [4.69, 9.17) is 9.47 Å². The van der Waals surface area contributed by atoms with Gasteiger partial charge in [0.05, 0.1) is 26.4 Å². The van der Waals surface area contributed by atoms with E-state index in [1.165, 1.54) is 0 Å². The summed E-state index contributed by atoms with van der Waals surface area (Å²) in [5, 5.41) is 9.46. The van der Waals surface area contributed by atoms with Gasteiger partial charge in [-0.2, -0.15) is 0 Å². The number of likely N-dealkylation sites (tertiary alicyclic amines) is 1. The van der Waals surface area contributed by atoms with Crippen LogP contribution in [0.1, 0.15) is 12.0 Å². The van der Waals surface area contributed by atoms with Crippen molar-refractivity contribution in [2.45, 2.75) is 25.1 Å². The molecule has 0 aliphatic carbocycles. The summed E-state index contributed by atoms with van der Waals surface area (Å²) in [5.41, 5.74) is 1.02. The Bertz CT molecular complexity index is 523. The Kier molecular flexibility index (Phi) is 6.38. The fraction of sp³-hybridized carbons (Fsp3) is 0.588. The number of hydrogen-bond donors (Lipinski definition) is 1. The van der Waals surface area contributed by atoms with E-state index < -0.39 is 0 Å². The van der Waals surface area contributed by atoms with Crippen LogP contribution in [0, 0.1) is 0 Å². The Morgan fingerprint density at radius 3 is 2.87 bits per heavy atom. The van der Waals surface area contributed by atoms with Crippen molar-refractivity contribution >= 4 is 5.91 Å². The number of rotatable bonds is 7. The van der Waals surface area contributed by atoms with Crippen LogP contribution in [0.3, 0.4) is 0 Å². The van der Waals surface area contributed by atoms with Gasteiger partial charge < -0.3 is 19.5 Å². The van der Waals surface area contributed by atoms with Crippen molar-refractivity contribution in [1.29, 1.82) is 0 Å². The molecule has 2 atom stereocenters. The van der Waals surface area contributed by atoms with Gasteiger partial charge in [-0.1, -0.05) is 12.1 Å². The van der Waals surface area contributed by atoms with Gasteiger partial charge in [0.2, 0.25) is 5.91 Å². The van der Waals surface area contributed by atoms with Crippen LogP contribution in [-0.2, 0) is 16.1 Å². The molecule has 1 amide bonds. The average molecular weight is 322 g/mol. The van der Waals surface area contributed by atoms with Gasteiger partial charge in [-0.25, -0.2) is 0 Å². The molecule has 0 unspecified atom stereocenters. The van der Waals surface area contributed by atoms with Gasteiger partial charge in [0.15, 0.2) is 0 Å². The van der Waals surface area contributed by atoms with E-state index in [0.717, 1.165) is 17.7 Å². The monoisotopic (exact) mass is 322 g/mol. The van der Waals surface area contributed by atoms with Crippen molar-refractivity contribution in [1.82, 2.24) is 9.80 Å². The standard InChI is InChI=1S/C17H26N2O4/c1-18(9-13-5-4-6-15(7-13)22-2)17(21)11-19-10-16(23-3)8-14(19)12-20/h4-7,14,16,20H,8-12H2,1-3H3/t14-,16-/m0/s1. The third-order valence-electron chi connectivity index (χ3n) is 4.35. The Hall–Kier alpha value is -1.63. The number of hydrogen-bond acceptors (Lipinski definition) is 5. The van der Waals surface area contributed by atoms with E-state index in [9.17, 15) is 9.90 Å². The lowest BCUT2D eigenvalue weighted by atomic mass is 10.2. The lowest BCUT2D eigenvalue weighted by Crippen LogP contribution is -2.41. The molecule has 1 aliphatic heterocycles. The summed E-state index contributed by atoms with van der Waals surface area (Å²) in [5.74, 6) is 0.814. The van der Waals surface area contributed by atoms with Crippen molar-refractivity contribution in [3.8, 4) is 5.75 Å². The van der Waals surface area contributed by atoms with E-state index in [1.54, 1.807) is 26.2 Å². The highest BCUT2D eigenvalue weighted by atomic mass is 16.5. The van der Waals surface area contributed by atoms with Gasteiger partial charge in [0.25, 0.3) is 0 Å². The summed E-state index contributed by atoms with van der Waals surface area (Å²) >= 11 is 0. The number of aliphatic hydroxyl groups excluding tert-OH is 1. The summed E-state index contributed by atoms with van der Waals surface area (Å²) in [4.78, 5) is 16.1. The topological polar surface area (TPSA) is 62.2 Å². The number of aliphatic hydroxyl groups is 1. The minimum absolute atomic E-state index is 0.00545. The maximum Gasteiger partial charge on any atom is 0.236 e. The van der Waals surface area contributed by atoms with Crippen LogP contribution in [0.2, 0.25) is 0 Å². The fourth-order valence-corrected chi connectivity index (χ4v) is 2.92. The SMILES string of the molecule is COc1cccc(CN(C)C(=O)CN2C[C@@H](OC)C[C@H]2CO)c1. The Morgan fingerprint density at radius 1 is 1.43 bits per heavy atom. The summed E-state index contributed by atoms with van der Waals surface area (Å²) in [6.45, 7) is 1.56. The highest BCUT2D eigenvalue weighted by Crippen LogP contribution is 2.20. The summed E-state index contributed by atoms with van der Waals surface area (Å²) in [6.07, 6.45) is 0.850. The molecule has 1 N–H and O–H groups in total. The van der Waals surface area contributed by atoms with Crippen molar-refractivity contribution in [3.05, 3.63) is 29.8 Å². The molecule has 0 saturated carbocycles. The number of benzene rings is 1. The summed E-state index contributed by atoms with van der Waals surface area (Å²) in [7, 11) is 5.08. The largest absolute Gasteiger partial charge is 0.497 e. The number of amides is 1. The maximum atomic E-state index is 12.4. The predicted octanol–water partition coefficient (Wildman–Crippen LogP) is 0.735. The van der Waals surface area contributed by atoms with Crippen molar-refractivity contribution in [2.24, 2.45) is 0 Å². The second kappa shape index (κ2) is 8.29. The molecule has 1 saturated heterocycles. The number of methoxy groups -OCH3 is 2. The fourth-order valence-electron chi connectivity index (χ4n) is 2.92. The molecular weight excluding hydrogens is 296 g/mol. The third kappa shape index (κ3) is 4.67. The van der Waals surface area contributed by atoms with Crippen molar-refractivity contribution in [2.75, 3.05) is 41.0 Å². The molecular formula is C17H26N2O4. The minimum atomic E-state index is -0.00545. The first-order valence-corrected chi connectivity index (χ1v) is 7.82. The second-order valence-corrected chi connectivity index (χ2v) is 5.96. The third-order valence-corrected chi connectivity index (χ3v) is 4.35. The Morgan fingerprint density at radius 2 is 2.22 bits per heavy atom. The number of nitrogens with zero attached hydrogens (tertiary/aromatic N) is 2. The van der Waals surface area contributed by atoms with Crippen LogP contribution >= 0.6 is 0 Å². The number of carbonyl (C=O) groups is 1. The molecule has 6 heteroatoms. The Balaban J connectivity index is 1.91. The quantitative estimate of drug-likeness (QED) is 0.802. The minimum Gasteiger partial charge on any atom is -0.497 e. The molecule has 0 radical (unpaired) electrons. The van der Waals surface area contributed by atoms with Crippen molar-refractivity contribution in [3.63, 3.8) is 0 Å². The van der Waals surface area contributed by atoms with Gasteiger partial charge in [-0.05, 0) is 24.1 Å². The lowest BCUT2D eigenvalue weighted by Gasteiger charge is -2.25. The number of ether oxygens (including phenoxy) is 2. The van der Waals surface area contributed by atoms with E-state index in [0.29, 0.717) is 19.6 Å². The van der Waals surface area contributed by atoms with Crippen LogP contribution < -0.4 is 4.74 Å². The zero-order valence-electron chi connectivity index (χ0n) is 14.1. The molecule has 1 aromatic rings. The first-order valence-electron chi connectivity index (χ1n) is 7.82. The molecule has 128 valence electrons. The molecule has 1 fully saturated rings. The van der Waals surface area contributed by atoms with E-state index in [1.807, 2.05) is 29.2 Å². The maximum absolute atomic E-state index is 12.4. The summed E-state index contributed by atoms with van der Waals surface area (Å²) < 4.78 is 10.5. The highest BCUT2D eigenvalue weighted by Gasteiger charge is 2.33. The second-order valence-electron chi connectivity index (χ2n) is 5.96. The molecule has 2 rings (SSSR count). The van der Waals surface area contributed by atoms with Crippen LogP contribution in [-0.4, -0.2) is 73.9 Å². The lowest BCUT2D eigenvalue weighted by molar-refractivity contribution is -0.132. The number of likely N-dealkylation sites (N-methyl/N-ethyl adjacent to an activating group) is 1. The van der Waals surface area contributed by atoms with Gasteiger partial charge in [-0.15, -0.1) is 0 Å². The predicted molar refractivity (Wildman–Crippen MR) is 87.3 cm³/mol. The first-order chi connectivity index (χ1) is 11.1. The zero-order chi connectivity index (χ0) is 16.8. The molecule has 6 nitrogen and oxygen atoms in total. The number of carbonyl (C=O) groups excluding carboxylic acids is 1. The van der Waals surface area contributed by atoms with Crippen LogP contribution in [0.15, 0.2) is 24.3 Å². The van der Waals surface area contributed by atoms with Crippen LogP contribution in [0.5, 0.6) is 5.75 Å². The van der Waals surface area contributed by atoms with Gasteiger partial charge in [0, 0.05) is 33.3 Å². The van der Waals surface area contributed by atoms with Crippen LogP contribution in [0.25, 0.3) is 0 Å². The van der Waals surface area contributed by atoms with Gasteiger partial charge in [0.1, 0.15) is 5.75 Å². The van der Waals surface area contributed by atoms with Gasteiger partial charge >= 0.3 is 0 Å². The first kappa shape index (κ1) is 17.7. The van der Waals surface area contributed by atoms with E-state index >= 15 is 0 Å². The zero-order valence-corrected chi connectivity index (χ0v) is 14.1. The molecule has 1 aromatic carbocycles. The molecule has 0 bridgehead atoms. The van der Waals surface area contributed by atoms with E-state index in [-0.39, 0.29) is 24.7 Å². The van der Waals surface area contributed by atoms with Crippen molar-refractivity contribution < 1.29 is 19.4 Å². The van der Waals surface area contributed by atoms with E-state index in [2.05, 4.69) is 0 Å². The summed E-state index contributed by atoms with van der Waals surface area (Å²) in [6, 6.07) is 7.69. The highest BCUT2D eigenvalue weighted by molar-refractivity contribution is 5.78. The molecule has 0 aromatic heterocycles. The van der Waals surface area contributed by atoms with Crippen LogP contribution in [0.4, 0.5) is 0 Å². The molecule has 0 spiro atoms. The molecule has 1 aliphatic rings. The van der Waals surface area contributed by atoms with Gasteiger partial charge in [-0.3, -0.25) is 9.69 Å².